The van der Waals surface area contributed by atoms with Gasteiger partial charge in [-0.2, -0.15) is 0 Å². The Bertz CT molecular complexity index is 326. The van der Waals surface area contributed by atoms with Gasteiger partial charge >= 0.3 is 0 Å². The lowest BCUT2D eigenvalue weighted by molar-refractivity contribution is 0.196. The molecule has 0 saturated heterocycles. The van der Waals surface area contributed by atoms with Gasteiger partial charge in [0.1, 0.15) is 0 Å². The Morgan fingerprint density at radius 3 is 2.59 bits per heavy atom. The van der Waals surface area contributed by atoms with Gasteiger partial charge < -0.3 is 5.32 Å². The molecule has 0 aliphatic heterocycles. The van der Waals surface area contributed by atoms with E-state index in [1.807, 2.05) is 18.5 Å². The van der Waals surface area contributed by atoms with E-state index in [1.165, 1.54) is 24.8 Å². The third-order valence-electron chi connectivity index (χ3n) is 4.17. The Morgan fingerprint density at radius 2 is 2.00 bits per heavy atom. The summed E-state index contributed by atoms with van der Waals surface area (Å²) in [7, 11) is 0. The third kappa shape index (κ3) is 3.06. The summed E-state index contributed by atoms with van der Waals surface area (Å²) in [4.78, 5) is 4.20. The highest BCUT2D eigenvalue weighted by atomic mass is 15.0. The Hall–Kier alpha value is -0.890. The maximum atomic E-state index is 4.20. The Labute approximate surface area is 105 Å². The van der Waals surface area contributed by atoms with E-state index in [-0.39, 0.29) is 0 Å². The van der Waals surface area contributed by atoms with Crippen LogP contribution in [0, 0.1) is 11.8 Å². The van der Waals surface area contributed by atoms with E-state index in [1.54, 1.807) is 0 Å². The van der Waals surface area contributed by atoms with Crippen LogP contribution in [0.1, 0.15) is 51.6 Å². The quantitative estimate of drug-likeness (QED) is 0.862. The van der Waals surface area contributed by atoms with Crippen LogP contribution in [0.25, 0.3) is 0 Å². The van der Waals surface area contributed by atoms with Gasteiger partial charge in [-0.25, -0.2) is 0 Å². The smallest absolute Gasteiger partial charge is 0.0315 e. The van der Waals surface area contributed by atoms with Crippen molar-refractivity contribution in [3.05, 3.63) is 30.1 Å². The molecule has 1 saturated carbocycles. The molecule has 0 spiro atoms. The number of aromatic nitrogens is 1. The number of hydrogen-bond donors (Lipinski definition) is 1. The molecule has 1 heterocycles. The molecule has 1 N–H and O–H groups in total. The van der Waals surface area contributed by atoms with E-state index in [0.29, 0.717) is 12.1 Å². The molecule has 1 aromatic rings. The van der Waals surface area contributed by atoms with Gasteiger partial charge in [0.25, 0.3) is 0 Å². The molecule has 1 aliphatic rings. The number of pyridine rings is 1. The van der Waals surface area contributed by atoms with E-state index in [0.717, 1.165) is 11.8 Å². The van der Waals surface area contributed by atoms with Crippen molar-refractivity contribution in [1.82, 2.24) is 10.3 Å². The second kappa shape index (κ2) is 5.63. The zero-order valence-electron chi connectivity index (χ0n) is 11.2. The first-order valence-corrected chi connectivity index (χ1v) is 6.84. The minimum Gasteiger partial charge on any atom is -0.307 e. The maximum absolute atomic E-state index is 4.20. The summed E-state index contributed by atoms with van der Waals surface area (Å²) < 4.78 is 0. The highest BCUT2D eigenvalue weighted by Gasteiger charge is 2.28. The SMILES string of the molecule is CC1CCCC(C)C1N[C@H](C)c1cccnc1. The summed E-state index contributed by atoms with van der Waals surface area (Å²) in [5, 5.41) is 3.79. The molecular weight excluding hydrogens is 208 g/mol. The molecule has 0 radical (unpaired) electrons. The van der Waals surface area contributed by atoms with E-state index in [4.69, 9.17) is 0 Å². The Morgan fingerprint density at radius 1 is 1.29 bits per heavy atom. The van der Waals surface area contributed by atoms with Gasteiger partial charge in [0.2, 0.25) is 0 Å². The van der Waals surface area contributed by atoms with Crippen LogP contribution in [-0.2, 0) is 0 Å². The van der Waals surface area contributed by atoms with Crippen LogP contribution in [-0.4, -0.2) is 11.0 Å². The molecule has 2 heteroatoms. The van der Waals surface area contributed by atoms with Crippen molar-refractivity contribution in [3.63, 3.8) is 0 Å². The number of nitrogens with zero attached hydrogens (tertiary/aromatic N) is 1. The summed E-state index contributed by atoms with van der Waals surface area (Å²) in [5.74, 6) is 1.58. The predicted octanol–water partition coefficient (Wildman–Crippen LogP) is 3.56. The second-order valence-electron chi connectivity index (χ2n) is 5.59. The highest BCUT2D eigenvalue weighted by molar-refractivity contribution is 5.13. The zero-order chi connectivity index (χ0) is 12.3. The topological polar surface area (TPSA) is 24.9 Å². The first-order valence-electron chi connectivity index (χ1n) is 6.84. The van der Waals surface area contributed by atoms with Crippen molar-refractivity contribution in [2.75, 3.05) is 0 Å². The minimum atomic E-state index is 0.400. The highest BCUT2D eigenvalue weighted by Crippen LogP contribution is 2.30. The molecule has 17 heavy (non-hydrogen) atoms. The lowest BCUT2D eigenvalue weighted by Crippen LogP contribution is -2.43. The Balaban J connectivity index is 2.00. The molecule has 0 aromatic carbocycles. The third-order valence-corrected chi connectivity index (χ3v) is 4.17. The van der Waals surface area contributed by atoms with Crippen LogP contribution >= 0.6 is 0 Å². The summed E-state index contributed by atoms with van der Waals surface area (Å²) in [5.41, 5.74) is 1.29. The average Bonchev–Trinajstić information content (AvgIpc) is 2.35. The van der Waals surface area contributed by atoms with Gasteiger partial charge in [0, 0.05) is 24.5 Å². The van der Waals surface area contributed by atoms with Gasteiger partial charge in [0.05, 0.1) is 0 Å². The van der Waals surface area contributed by atoms with Crippen molar-refractivity contribution >= 4 is 0 Å². The fourth-order valence-corrected chi connectivity index (χ4v) is 3.03. The molecule has 0 bridgehead atoms. The van der Waals surface area contributed by atoms with Crippen LogP contribution in [0.15, 0.2) is 24.5 Å². The van der Waals surface area contributed by atoms with Crippen LogP contribution < -0.4 is 5.32 Å². The predicted molar refractivity (Wildman–Crippen MR) is 71.8 cm³/mol. The van der Waals surface area contributed by atoms with Crippen molar-refractivity contribution in [2.45, 2.75) is 52.1 Å². The molecular formula is C15H24N2. The van der Waals surface area contributed by atoms with E-state index < -0.39 is 0 Å². The van der Waals surface area contributed by atoms with Crippen molar-refractivity contribution < 1.29 is 0 Å². The minimum absolute atomic E-state index is 0.400. The monoisotopic (exact) mass is 232 g/mol. The molecule has 3 atom stereocenters. The fourth-order valence-electron chi connectivity index (χ4n) is 3.03. The molecule has 2 nitrogen and oxygen atoms in total. The van der Waals surface area contributed by atoms with Crippen LogP contribution in [0.4, 0.5) is 0 Å². The van der Waals surface area contributed by atoms with E-state index in [9.17, 15) is 0 Å². The largest absolute Gasteiger partial charge is 0.307 e. The first kappa shape index (κ1) is 12.6. The lowest BCUT2D eigenvalue weighted by Gasteiger charge is -2.37. The fraction of sp³-hybridized carbons (Fsp3) is 0.667. The maximum Gasteiger partial charge on any atom is 0.0315 e. The number of nitrogens with one attached hydrogen (secondary N) is 1. The van der Waals surface area contributed by atoms with Crippen molar-refractivity contribution in [1.29, 1.82) is 0 Å². The molecule has 2 rings (SSSR count). The van der Waals surface area contributed by atoms with Crippen molar-refractivity contribution in [2.24, 2.45) is 11.8 Å². The summed E-state index contributed by atoms with van der Waals surface area (Å²) in [6, 6.07) is 5.22. The molecule has 1 fully saturated rings. The lowest BCUT2D eigenvalue weighted by atomic mass is 9.78. The Kier molecular flexibility index (Phi) is 4.16. The number of rotatable bonds is 3. The summed E-state index contributed by atoms with van der Waals surface area (Å²) in [6.07, 6.45) is 7.92. The summed E-state index contributed by atoms with van der Waals surface area (Å²) in [6.45, 7) is 7.00. The van der Waals surface area contributed by atoms with E-state index >= 15 is 0 Å². The normalized spacial score (nSPS) is 31.1. The van der Waals surface area contributed by atoms with Crippen molar-refractivity contribution in [3.8, 4) is 0 Å². The van der Waals surface area contributed by atoms with E-state index in [2.05, 4.69) is 37.1 Å². The van der Waals surface area contributed by atoms with Gasteiger partial charge in [-0.15, -0.1) is 0 Å². The van der Waals surface area contributed by atoms with Crippen LogP contribution in [0.5, 0.6) is 0 Å². The zero-order valence-corrected chi connectivity index (χ0v) is 11.2. The molecule has 1 aromatic heterocycles. The van der Waals surface area contributed by atoms with Crippen LogP contribution in [0.2, 0.25) is 0 Å². The first-order chi connectivity index (χ1) is 8.18. The average molecular weight is 232 g/mol. The van der Waals surface area contributed by atoms with Crippen LogP contribution in [0.3, 0.4) is 0 Å². The molecule has 2 unspecified atom stereocenters. The summed E-state index contributed by atoms with van der Waals surface area (Å²) >= 11 is 0. The van der Waals surface area contributed by atoms with Gasteiger partial charge in [-0.05, 0) is 43.2 Å². The van der Waals surface area contributed by atoms with Gasteiger partial charge in [-0.3, -0.25) is 4.98 Å². The number of hydrogen-bond acceptors (Lipinski definition) is 2. The molecule has 94 valence electrons. The van der Waals surface area contributed by atoms with Gasteiger partial charge in [0.15, 0.2) is 0 Å². The van der Waals surface area contributed by atoms with Gasteiger partial charge in [-0.1, -0.05) is 26.3 Å². The molecule has 1 aliphatic carbocycles. The molecule has 0 amide bonds. The standard InChI is InChI=1S/C15H24N2/c1-11-6-4-7-12(2)15(11)17-13(3)14-8-5-9-16-10-14/h5,8-13,15,17H,4,6-7H2,1-3H3/t11?,12?,13-,15?/m1/s1. The second-order valence-corrected chi connectivity index (χ2v) is 5.59.